The first-order chi connectivity index (χ1) is 19.0. The number of aromatic nitrogens is 2. The number of aryl methyl sites for hydroxylation is 1. The molecule has 6 rings (SSSR count). The Hall–Kier alpha value is -4.71. The zero-order valence-electron chi connectivity index (χ0n) is 20.8. The van der Waals surface area contributed by atoms with Gasteiger partial charge in [0.15, 0.2) is 0 Å². The average Bonchev–Trinajstić information content (AvgIpc) is 3.64. The highest BCUT2D eigenvalue weighted by Crippen LogP contribution is 2.30. The molecular weight excluding hydrogens is 508 g/mol. The normalized spacial score (nSPS) is 14.3. The number of carbonyl (C=O) groups excluding carboxylic acids is 1. The molecule has 192 valence electrons. The van der Waals surface area contributed by atoms with Gasteiger partial charge >= 0.3 is 5.97 Å². The highest BCUT2D eigenvalue weighted by Gasteiger charge is 2.28. The summed E-state index contributed by atoms with van der Waals surface area (Å²) in [7, 11) is 0. The van der Waals surface area contributed by atoms with E-state index in [-0.39, 0.29) is 17.5 Å². The summed E-state index contributed by atoms with van der Waals surface area (Å²) in [5, 5.41) is 12.2. The highest BCUT2D eigenvalue weighted by atomic mass is 32.1. The predicted octanol–water partition coefficient (Wildman–Crippen LogP) is 5.26. The van der Waals surface area contributed by atoms with Gasteiger partial charge in [0.05, 0.1) is 22.8 Å². The van der Waals surface area contributed by atoms with Crippen LogP contribution in [0.2, 0.25) is 0 Å². The summed E-state index contributed by atoms with van der Waals surface area (Å²) in [6.45, 7) is 0. The number of hydrazine groups is 1. The molecule has 1 aliphatic carbocycles. The molecule has 39 heavy (non-hydrogen) atoms. The van der Waals surface area contributed by atoms with Crippen molar-refractivity contribution in [1.29, 1.82) is 0 Å². The van der Waals surface area contributed by atoms with E-state index >= 15 is 0 Å². The molecular formula is C31H24N4O3S. The van der Waals surface area contributed by atoms with Crippen LogP contribution in [0, 0.1) is 11.8 Å². The third-order valence-electron chi connectivity index (χ3n) is 7.10. The van der Waals surface area contributed by atoms with Gasteiger partial charge in [-0.15, -0.1) is 11.3 Å². The summed E-state index contributed by atoms with van der Waals surface area (Å²) in [5.74, 6) is 11.3. The third-order valence-corrected chi connectivity index (χ3v) is 8.00. The Bertz CT molecular complexity index is 1770. The first-order valence-electron chi connectivity index (χ1n) is 12.5. The minimum atomic E-state index is -1.01. The monoisotopic (exact) mass is 532 g/mol. The van der Waals surface area contributed by atoms with E-state index in [9.17, 15) is 14.7 Å². The first kappa shape index (κ1) is 24.6. The molecule has 0 spiro atoms. The van der Waals surface area contributed by atoms with Crippen molar-refractivity contribution >= 4 is 34.1 Å². The zero-order chi connectivity index (χ0) is 26.9. The quantitative estimate of drug-likeness (QED) is 0.126. The Kier molecular flexibility index (Phi) is 6.45. The fraction of sp³-hybridized carbons (Fsp3) is 0.129. The van der Waals surface area contributed by atoms with Crippen molar-refractivity contribution in [2.45, 2.75) is 25.3 Å². The van der Waals surface area contributed by atoms with Crippen LogP contribution in [-0.2, 0) is 12.8 Å². The van der Waals surface area contributed by atoms with Gasteiger partial charge in [0, 0.05) is 45.3 Å². The Morgan fingerprint density at radius 2 is 1.92 bits per heavy atom. The van der Waals surface area contributed by atoms with Crippen LogP contribution in [0.25, 0.3) is 22.0 Å². The lowest BCUT2D eigenvalue weighted by Gasteiger charge is -2.30. The molecule has 0 bridgehead atoms. The van der Waals surface area contributed by atoms with Crippen molar-refractivity contribution in [2.75, 3.05) is 0 Å². The van der Waals surface area contributed by atoms with Crippen LogP contribution in [0.15, 0.2) is 78.4 Å². The minimum Gasteiger partial charge on any atom is -0.478 e. The van der Waals surface area contributed by atoms with Gasteiger partial charge in [0.25, 0.3) is 5.91 Å². The number of carboxylic acids is 1. The van der Waals surface area contributed by atoms with Gasteiger partial charge in [-0.05, 0) is 72.3 Å². The lowest BCUT2D eigenvalue weighted by molar-refractivity contribution is 0.0660. The number of hydrogen-bond donors (Lipinski definition) is 3. The molecule has 0 saturated heterocycles. The van der Waals surface area contributed by atoms with Gasteiger partial charge in [-0.3, -0.25) is 9.80 Å². The van der Waals surface area contributed by atoms with Crippen molar-refractivity contribution in [3.63, 3.8) is 0 Å². The van der Waals surface area contributed by atoms with Gasteiger partial charge in [-0.2, -0.15) is 0 Å². The van der Waals surface area contributed by atoms with Crippen LogP contribution in [0.5, 0.6) is 0 Å². The number of fused-ring (bicyclic) bond motifs is 2. The zero-order valence-corrected chi connectivity index (χ0v) is 21.7. The molecule has 5 aromatic rings. The molecule has 0 radical (unpaired) electrons. The number of nitrogens with one attached hydrogen (secondary N) is 1. The maximum atomic E-state index is 13.1. The van der Waals surface area contributed by atoms with Crippen molar-refractivity contribution in [2.24, 2.45) is 5.84 Å². The van der Waals surface area contributed by atoms with Gasteiger partial charge < -0.3 is 10.1 Å². The smallest absolute Gasteiger partial charge is 0.336 e. The minimum absolute atomic E-state index is 0.0601. The molecule has 1 amide bonds. The molecule has 4 N–H and O–H groups in total. The maximum Gasteiger partial charge on any atom is 0.336 e. The van der Waals surface area contributed by atoms with Crippen LogP contribution in [0.1, 0.15) is 48.8 Å². The van der Waals surface area contributed by atoms with E-state index < -0.39 is 5.97 Å². The topological polar surface area (TPSA) is 112 Å². The lowest BCUT2D eigenvalue weighted by Crippen LogP contribution is -2.47. The number of aromatic amines is 1. The van der Waals surface area contributed by atoms with Crippen LogP contribution in [0.4, 0.5) is 0 Å². The molecule has 8 heteroatoms. The number of carbonyl (C=O) groups is 2. The number of aromatic carboxylic acids is 1. The number of benzene rings is 3. The number of nitrogens with zero attached hydrogens (tertiary/aromatic N) is 2. The number of rotatable bonds is 4. The van der Waals surface area contributed by atoms with E-state index in [2.05, 4.69) is 21.8 Å². The van der Waals surface area contributed by atoms with E-state index in [1.165, 1.54) is 9.89 Å². The Morgan fingerprint density at radius 1 is 1.08 bits per heavy atom. The molecule has 3 aromatic carbocycles. The van der Waals surface area contributed by atoms with Crippen molar-refractivity contribution in [3.05, 3.63) is 111 Å². The van der Waals surface area contributed by atoms with E-state index in [1.807, 2.05) is 42.0 Å². The standard InChI is InChI=1S/C31H24N4O3S/c32-35(24-12-13-26-28(17-24)39-18-34-26)30(36)22-8-5-19(6-9-22)4-7-21-2-1-3-25(31(37)38)29(21)23-11-10-20-14-15-33-27(20)16-23/h1-3,5-6,8-11,14-16,18,24,33H,12-13,17,32H2,(H,37,38). The summed E-state index contributed by atoms with van der Waals surface area (Å²) in [5.41, 5.74) is 7.19. The van der Waals surface area contributed by atoms with Gasteiger partial charge in [-0.1, -0.05) is 30.0 Å². The highest BCUT2D eigenvalue weighted by molar-refractivity contribution is 7.09. The molecule has 1 unspecified atom stereocenters. The summed E-state index contributed by atoms with van der Waals surface area (Å²) < 4.78 is 0. The number of H-pyrrole nitrogens is 1. The number of carboxylic acid groups (broad SMARTS) is 1. The van der Waals surface area contributed by atoms with Gasteiger partial charge in [-0.25, -0.2) is 15.6 Å². The van der Waals surface area contributed by atoms with Crippen LogP contribution < -0.4 is 5.84 Å². The largest absolute Gasteiger partial charge is 0.478 e. The molecule has 0 fully saturated rings. The number of thiazole rings is 1. The maximum absolute atomic E-state index is 13.1. The van der Waals surface area contributed by atoms with Crippen LogP contribution in [-0.4, -0.2) is 38.0 Å². The van der Waals surface area contributed by atoms with Crippen LogP contribution >= 0.6 is 11.3 Å². The molecule has 1 aliphatic rings. The summed E-state index contributed by atoms with van der Waals surface area (Å²) >= 11 is 1.61. The Morgan fingerprint density at radius 3 is 2.74 bits per heavy atom. The molecule has 1 atom stereocenters. The number of amides is 1. The van der Waals surface area contributed by atoms with Crippen LogP contribution in [0.3, 0.4) is 0 Å². The van der Waals surface area contributed by atoms with Crippen molar-refractivity contribution < 1.29 is 14.7 Å². The molecule has 0 saturated carbocycles. The van der Waals surface area contributed by atoms with E-state index in [0.717, 1.165) is 41.4 Å². The lowest BCUT2D eigenvalue weighted by atomic mass is 9.93. The Balaban J connectivity index is 1.25. The molecule has 0 aliphatic heterocycles. The second-order valence-electron chi connectivity index (χ2n) is 9.47. The summed E-state index contributed by atoms with van der Waals surface area (Å²) in [6.07, 6.45) is 4.18. The number of nitrogens with two attached hydrogens (primary N) is 1. The SMILES string of the molecule is NN(C(=O)c1ccc(C#Cc2cccc(C(=O)O)c2-c2ccc3cc[nH]c3c2)cc1)C1CCc2ncsc2C1. The predicted molar refractivity (Wildman–Crippen MR) is 151 cm³/mol. The summed E-state index contributed by atoms with van der Waals surface area (Å²) in [6, 6.07) is 19.8. The number of hydrogen-bond acceptors (Lipinski definition) is 5. The van der Waals surface area contributed by atoms with Gasteiger partial charge in [0.2, 0.25) is 0 Å². The fourth-order valence-corrected chi connectivity index (χ4v) is 5.91. The van der Waals surface area contributed by atoms with Gasteiger partial charge in [0.1, 0.15) is 0 Å². The molecule has 2 heterocycles. The first-order valence-corrected chi connectivity index (χ1v) is 13.4. The second kappa shape index (κ2) is 10.2. The van der Waals surface area contributed by atoms with Crippen molar-refractivity contribution in [1.82, 2.24) is 15.0 Å². The summed E-state index contributed by atoms with van der Waals surface area (Å²) in [4.78, 5) is 33.9. The van der Waals surface area contributed by atoms with Crippen molar-refractivity contribution in [3.8, 4) is 23.0 Å². The third kappa shape index (κ3) is 4.81. The molecule has 2 aromatic heterocycles. The fourth-order valence-electron chi connectivity index (χ4n) is 5.02. The second-order valence-corrected chi connectivity index (χ2v) is 10.4. The Labute approximate surface area is 228 Å². The van der Waals surface area contributed by atoms with E-state index in [4.69, 9.17) is 5.84 Å². The average molecular weight is 533 g/mol. The van der Waals surface area contributed by atoms with E-state index in [0.29, 0.717) is 22.3 Å². The molecule has 7 nitrogen and oxygen atoms in total. The van der Waals surface area contributed by atoms with E-state index in [1.54, 1.807) is 47.7 Å².